The first-order chi connectivity index (χ1) is 12.4. The molecule has 0 saturated carbocycles. The number of fused-ring (bicyclic) bond motifs is 1. The summed E-state index contributed by atoms with van der Waals surface area (Å²) >= 11 is 0. The first-order valence-corrected chi connectivity index (χ1v) is 8.53. The van der Waals surface area contributed by atoms with Crippen molar-refractivity contribution in [2.45, 2.75) is 32.7 Å². The molecule has 3 heterocycles. The van der Waals surface area contributed by atoms with Crippen LogP contribution in [0, 0.1) is 6.92 Å². The highest BCUT2D eigenvalue weighted by molar-refractivity contribution is 5.93. The fourth-order valence-corrected chi connectivity index (χ4v) is 3.09. The maximum absolute atomic E-state index is 12.9. The Morgan fingerprint density at radius 2 is 2.23 bits per heavy atom. The molecule has 2 aromatic rings. The molecule has 0 bridgehead atoms. The first kappa shape index (κ1) is 18.6. The summed E-state index contributed by atoms with van der Waals surface area (Å²) in [7, 11) is 5.37. The topological polar surface area (TPSA) is 96.9 Å². The highest BCUT2D eigenvalue weighted by Crippen LogP contribution is 2.22. The van der Waals surface area contributed by atoms with Crippen LogP contribution in [0.25, 0.3) is 0 Å². The molecule has 1 amide bonds. The highest BCUT2D eigenvalue weighted by Gasteiger charge is 2.29. The average Bonchev–Trinajstić information content (AvgIpc) is 3.17. The lowest BCUT2D eigenvalue weighted by Crippen LogP contribution is -2.39. The van der Waals surface area contributed by atoms with Gasteiger partial charge in [-0.05, 0) is 27.1 Å². The molecule has 26 heavy (non-hydrogen) atoms. The molecule has 9 nitrogen and oxygen atoms in total. The molecule has 0 aromatic carbocycles. The summed E-state index contributed by atoms with van der Waals surface area (Å²) in [5, 5.41) is 18.6. The normalized spacial score (nSPS) is 15.4. The SMILES string of the molecule is COCc1c(C(=O)N2CCn3nc(C(O)CN(C)C)cc3C2)noc1C. The number of nitrogens with zero attached hydrogens (tertiary/aromatic N) is 5. The van der Waals surface area contributed by atoms with Crippen LogP contribution in [-0.4, -0.2) is 70.0 Å². The van der Waals surface area contributed by atoms with Crippen molar-refractivity contribution in [3.63, 3.8) is 0 Å². The van der Waals surface area contributed by atoms with E-state index in [1.165, 1.54) is 0 Å². The lowest BCUT2D eigenvalue weighted by atomic mass is 10.1. The smallest absolute Gasteiger partial charge is 0.276 e. The molecular formula is C17H25N5O4. The number of methoxy groups -OCH3 is 1. The van der Waals surface area contributed by atoms with Crippen molar-refractivity contribution in [2.75, 3.05) is 34.3 Å². The molecule has 0 saturated heterocycles. The summed E-state index contributed by atoms with van der Waals surface area (Å²) in [6, 6.07) is 1.86. The van der Waals surface area contributed by atoms with Gasteiger partial charge in [0.25, 0.3) is 5.91 Å². The zero-order valence-electron chi connectivity index (χ0n) is 15.6. The van der Waals surface area contributed by atoms with Crippen molar-refractivity contribution < 1.29 is 19.2 Å². The van der Waals surface area contributed by atoms with Gasteiger partial charge < -0.3 is 24.2 Å². The summed E-state index contributed by atoms with van der Waals surface area (Å²) in [4.78, 5) is 16.5. The second-order valence-electron chi connectivity index (χ2n) is 6.79. The molecule has 1 atom stereocenters. The lowest BCUT2D eigenvalue weighted by molar-refractivity contribution is 0.0690. The van der Waals surface area contributed by atoms with Gasteiger partial charge in [0.2, 0.25) is 0 Å². The second kappa shape index (κ2) is 7.56. The van der Waals surface area contributed by atoms with Crippen LogP contribution in [0.3, 0.4) is 0 Å². The first-order valence-electron chi connectivity index (χ1n) is 8.53. The van der Waals surface area contributed by atoms with E-state index in [1.54, 1.807) is 18.9 Å². The molecule has 1 unspecified atom stereocenters. The molecule has 0 fully saturated rings. The third-order valence-electron chi connectivity index (χ3n) is 4.46. The summed E-state index contributed by atoms with van der Waals surface area (Å²) < 4.78 is 12.2. The maximum Gasteiger partial charge on any atom is 0.276 e. The fraction of sp³-hybridized carbons (Fsp3) is 0.588. The van der Waals surface area contributed by atoms with Crippen molar-refractivity contribution >= 4 is 5.91 Å². The third-order valence-corrected chi connectivity index (χ3v) is 4.46. The molecule has 2 aromatic heterocycles. The number of aromatic nitrogens is 3. The van der Waals surface area contributed by atoms with Crippen LogP contribution in [0.2, 0.25) is 0 Å². The van der Waals surface area contributed by atoms with E-state index >= 15 is 0 Å². The van der Waals surface area contributed by atoms with Crippen LogP contribution in [0.5, 0.6) is 0 Å². The Morgan fingerprint density at radius 1 is 1.46 bits per heavy atom. The van der Waals surface area contributed by atoms with Crippen molar-refractivity contribution in [1.29, 1.82) is 0 Å². The van der Waals surface area contributed by atoms with Gasteiger partial charge in [0.1, 0.15) is 11.9 Å². The minimum atomic E-state index is -0.654. The van der Waals surface area contributed by atoms with Gasteiger partial charge in [-0.25, -0.2) is 0 Å². The third kappa shape index (κ3) is 3.64. The largest absolute Gasteiger partial charge is 0.385 e. The van der Waals surface area contributed by atoms with E-state index in [0.717, 1.165) is 5.69 Å². The number of aliphatic hydroxyl groups is 1. The molecule has 3 rings (SSSR count). The summed E-state index contributed by atoms with van der Waals surface area (Å²) in [5.41, 5.74) is 2.50. The van der Waals surface area contributed by atoms with Gasteiger partial charge in [-0.1, -0.05) is 5.16 Å². The molecular weight excluding hydrogens is 338 g/mol. The van der Waals surface area contributed by atoms with Crippen LogP contribution >= 0.6 is 0 Å². The van der Waals surface area contributed by atoms with E-state index in [-0.39, 0.29) is 12.5 Å². The number of rotatable bonds is 6. The zero-order chi connectivity index (χ0) is 18.8. The lowest BCUT2D eigenvalue weighted by Gasteiger charge is -2.27. The number of amides is 1. The van der Waals surface area contributed by atoms with Crippen LogP contribution in [-0.2, 0) is 24.4 Å². The number of carbonyl (C=O) groups excluding carboxylic acids is 1. The zero-order valence-corrected chi connectivity index (χ0v) is 15.6. The predicted molar refractivity (Wildman–Crippen MR) is 92.4 cm³/mol. The summed E-state index contributed by atoms with van der Waals surface area (Å²) in [6.07, 6.45) is -0.654. The molecule has 1 N–H and O–H groups in total. The Kier molecular flexibility index (Phi) is 5.40. The number of ether oxygens (including phenoxy) is 1. The number of likely N-dealkylation sites (N-methyl/N-ethyl adjacent to an activating group) is 1. The molecule has 0 radical (unpaired) electrons. The Balaban J connectivity index is 1.76. The van der Waals surface area contributed by atoms with Gasteiger partial charge in [-0.2, -0.15) is 5.10 Å². The van der Waals surface area contributed by atoms with Gasteiger partial charge in [-0.15, -0.1) is 0 Å². The molecule has 0 aliphatic carbocycles. The maximum atomic E-state index is 12.9. The van der Waals surface area contributed by atoms with Gasteiger partial charge in [0.15, 0.2) is 5.69 Å². The number of aryl methyl sites for hydroxylation is 1. The van der Waals surface area contributed by atoms with Gasteiger partial charge in [0, 0.05) is 20.2 Å². The highest BCUT2D eigenvalue weighted by atomic mass is 16.5. The number of carbonyl (C=O) groups is 1. The molecule has 1 aliphatic heterocycles. The number of aliphatic hydroxyl groups excluding tert-OH is 1. The van der Waals surface area contributed by atoms with Gasteiger partial charge in [0.05, 0.1) is 36.6 Å². The van der Waals surface area contributed by atoms with E-state index in [9.17, 15) is 9.90 Å². The van der Waals surface area contributed by atoms with Crippen molar-refractivity contribution in [3.05, 3.63) is 34.5 Å². The molecule has 1 aliphatic rings. The average molecular weight is 363 g/mol. The summed E-state index contributed by atoms with van der Waals surface area (Å²) in [6.45, 7) is 4.06. The monoisotopic (exact) mass is 363 g/mol. The van der Waals surface area contributed by atoms with Crippen molar-refractivity contribution in [1.82, 2.24) is 24.7 Å². The van der Waals surface area contributed by atoms with E-state index in [1.807, 2.05) is 29.7 Å². The van der Waals surface area contributed by atoms with Gasteiger partial charge >= 0.3 is 0 Å². The number of hydrogen-bond donors (Lipinski definition) is 1. The Morgan fingerprint density at radius 3 is 2.92 bits per heavy atom. The van der Waals surface area contributed by atoms with Crippen LogP contribution in [0.1, 0.15) is 39.3 Å². The summed E-state index contributed by atoms with van der Waals surface area (Å²) in [5.74, 6) is 0.406. The van der Waals surface area contributed by atoms with E-state index in [0.29, 0.717) is 48.9 Å². The Hall–Kier alpha value is -2.23. The Labute approximate surface area is 152 Å². The van der Waals surface area contributed by atoms with E-state index < -0.39 is 6.10 Å². The van der Waals surface area contributed by atoms with Crippen molar-refractivity contribution in [3.8, 4) is 0 Å². The van der Waals surface area contributed by atoms with Gasteiger partial charge in [-0.3, -0.25) is 9.48 Å². The van der Waals surface area contributed by atoms with Crippen LogP contribution in [0.15, 0.2) is 10.6 Å². The number of hydrogen-bond acceptors (Lipinski definition) is 7. The van der Waals surface area contributed by atoms with E-state index in [4.69, 9.17) is 9.26 Å². The quantitative estimate of drug-likeness (QED) is 0.802. The van der Waals surface area contributed by atoms with Crippen LogP contribution < -0.4 is 0 Å². The fourth-order valence-electron chi connectivity index (χ4n) is 3.09. The Bertz CT molecular complexity index is 782. The molecule has 9 heteroatoms. The predicted octanol–water partition coefficient (Wildman–Crippen LogP) is 0.577. The standard InChI is InChI=1S/C17H25N5O4/c1-11-13(10-25-4)16(19-26-11)17(24)21-5-6-22-12(8-21)7-14(18-22)15(23)9-20(2)3/h7,15,23H,5-6,8-10H2,1-4H3. The van der Waals surface area contributed by atoms with Crippen LogP contribution in [0.4, 0.5) is 0 Å². The minimum absolute atomic E-state index is 0.184. The van der Waals surface area contributed by atoms with E-state index in [2.05, 4.69) is 10.3 Å². The van der Waals surface area contributed by atoms with Crippen molar-refractivity contribution in [2.24, 2.45) is 0 Å². The molecule has 142 valence electrons. The molecule has 0 spiro atoms. The minimum Gasteiger partial charge on any atom is -0.385 e. The second-order valence-corrected chi connectivity index (χ2v) is 6.79.